The van der Waals surface area contributed by atoms with Gasteiger partial charge in [-0.25, -0.2) is 23.2 Å². The highest BCUT2D eigenvalue weighted by Crippen LogP contribution is 2.29. The molecule has 0 saturated carbocycles. The van der Waals surface area contributed by atoms with Gasteiger partial charge in [0.2, 0.25) is 0 Å². The number of nitrogens with zero attached hydrogens (tertiary/aromatic N) is 2. The summed E-state index contributed by atoms with van der Waals surface area (Å²) in [4.78, 5) is 10.6. The van der Waals surface area contributed by atoms with Gasteiger partial charge in [0.25, 0.3) is 5.69 Å². The number of nitro groups is 1. The molecule has 8 nitrogen and oxygen atoms in total. The predicted molar refractivity (Wildman–Crippen MR) is 81.3 cm³/mol. The van der Waals surface area contributed by atoms with Crippen LogP contribution in [0, 0.1) is 20.4 Å². The molecule has 0 fully saturated rings. The molecule has 3 rings (SSSR count). The fraction of sp³-hybridized carbons (Fsp3) is 0.118. The molecule has 0 atom stereocenters. The molecule has 0 radical (unpaired) electrons. The zero-order valence-corrected chi connectivity index (χ0v) is 15.1. The van der Waals surface area contributed by atoms with Gasteiger partial charge in [0.05, 0.1) is 21.3 Å². The van der Waals surface area contributed by atoms with Crippen molar-refractivity contribution in [3.8, 4) is 0 Å². The van der Waals surface area contributed by atoms with Crippen LogP contribution in [0.25, 0.3) is 10.8 Å². The maximum atomic E-state index is 12.8. The topological polar surface area (TPSA) is 139 Å². The van der Waals surface area contributed by atoms with Crippen LogP contribution in [-0.4, -0.2) is 4.92 Å². The second-order valence-electron chi connectivity index (χ2n) is 5.73. The number of hydrogen-bond acceptors (Lipinski definition) is 6. The highest BCUT2D eigenvalue weighted by molar-refractivity contribution is 5.89. The molecule has 12 heteroatoms. The van der Waals surface area contributed by atoms with E-state index < -0.39 is 26.9 Å². The van der Waals surface area contributed by atoms with E-state index in [1.165, 1.54) is 12.1 Å². The van der Waals surface area contributed by atoms with Crippen molar-refractivity contribution in [2.24, 2.45) is 0 Å². The first-order valence-electron chi connectivity index (χ1n) is 7.69. The van der Waals surface area contributed by atoms with Gasteiger partial charge >= 0.3 is 6.18 Å². The average Bonchev–Trinajstić information content (AvgIpc) is 2.59. The number of aromatic nitrogens is 1. The lowest BCUT2D eigenvalue weighted by Gasteiger charge is -2.17. The smallest absolute Gasteiger partial charge is 0.258 e. The third kappa shape index (κ3) is 6.93. The van der Waals surface area contributed by atoms with E-state index in [9.17, 15) is 23.3 Å². The second kappa shape index (κ2) is 8.68. The van der Waals surface area contributed by atoms with Gasteiger partial charge < -0.3 is 0 Å². The minimum atomic E-state index is -4.94. The molecule has 29 heavy (non-hydrogen) atoms. The van der Waals surface area contributed by atoms with Crippen LogP contribution in [0.1, 0.15) is 11.1 Å². The van der Waals surface area contributed by atoms with E-state index in [4.69, 9.17) is 18.6 Å². The molecule has 0 spiro atoms. The normalized spacial score (nSPS) is 11.7. The standard InChI is InChI=1S/C17H12F3N2O2.ClHO4/c18-17(19,20)14-5-1-3-12(9-14)10-21-8-7-15-13(11-21)4-2-6-16(15)22(23)24;2-1(3,4)5/h1-9,11H,10H2;(H,2,3,4,5)/q+1;/p-1. The van der Waals surface area contributed by atoms with Crippen molar-refractivity contribution in [2.75, 3.05) is 0 Å². The molecule has 0 amide bonds. The number of hydrogen-bond donors (Lipinski definition) is 0. The molecular weight excluding hydrogens is 421 g/mol. The van der Waals surface area contributed by atoms with Crippen molar-refractivity contribution in [2.45, 2.75) is 12.7 Å². The number of pyridine rings is 1. The Bertz CT molecular complexity index is 1020. The Labute approximate surface area is 163 Å². The summed E-state index contributed by atoms with van der Waals surface area (Å²) in [5.41, 5.74) is -0.199. The van der Waals surface area contributed by atoms with Crippen molar-refractivity contribution in [3.05, 3.63) is 82.2 Å². The maximum Gasteiger partial charge on any atom is 0.416 e. The number of halogens is 4. The Morgan fingerprint density at radius 2 is 1.62 bits per heavy atom. The minimum Gasteiger partial charge on any atom is -0.258 e. The third-order valence-corrected chi connectivity index (χ3v) is 3.67. The van der Waals surface area contributed by atoms with Gasteiger partial charge in [-0.1, -0.05) is 18.2 Å². The van der Waals surface area contributed by atoms with E-state index in [1.54, 1.807) is 41.2 Å². The Morgan fingerprint density at radius 1 is 1.00 bits per heavy atom. The van der Waals surface area contributed by atoms with Gasteiger partial charge in [-0.15, -0.1) is 10.2 Å². The molecule has 0 bridgehead atoms. The van der Waals surface area contributed by atoms with E-state index >= 15 is 0 Å². The van der Waals surface area contributed by atoms with Gasteiger partial charge in [-0.3, -0.25) is 10.1 Å². The van der Waals surface area contributed by atoms with Gasteiger partial charge in [0.15, 0.2) is 18.9 Å². The average molecular weight is 433 g/mol. The molecular formula is C17H12ClF3N2O6. The quantitative estimate of drug-likeness (QED) is 0.306. The second-order valence-corrected chi connectivity index (χ2v) is 6.49. The van der Waals surface area contributed by atoms with E-state index in [1.807, 2.05) is 0 Å². The molecule has 154 valence electrons. The first-order valence-corrected chi connectivity index (χ1v) is 8.92. The van der Waals surface area contributed by atoms with Crippen LogP contribution >= 0.6 is 0 Å². The summed E-state index contributed by atoms with van der Waals surface area (Å²) in [6.07, 6.45) is -1.08. The zero-order valence-electron chi connectivity index (χ0n) is 14.3. The number of non-ortho nitro benzene ring substituents is 1. The predicted octanol–water partition coefficient (Wildman–Crippen LogP) is -0.653. The van der Waals surface area contributed by atoms with Crippen LogP contribution in [0.3, 0.4) is 0 Å². The summed E-state index contributed by atoms with van der Waals surface area (Å²) < 4.78 is 74.0. The minimum absolute atomic E-state index is 0.00119. The number of benzene rings is 2. The Hall–Kier alpha value is -2.83. The van der Waals surface area contributed by atoms with Crippen molar-refractivity contribution in [3.63, 3.8) is 0 Å². The van der Waals surface area contributed by atoms with E-state index in [-0.39, 0.29) is 12.2 Å². The number of nitro benzene ring substituents is 1. The van der Waals surface area contributed by atoms with Crippen LogP contribution in [0.5, 0.6) is 0 Å². The van der Waals surface area contributed by atoms with Crippen molar-refractivity contribution in [1.82, 2.24) is 0 Å². The zero-order chi connectivity index (χ0) is 21.8. The molecule has 0 aliphatic rings. The molecule has 3 aromatic rings. The number of fused-ring (bicyclic) bond motifs is 1. The van der Waals surface area contributed by atoms with Crippen LogP contribution < -0.4 is 23.2 Å². The first-order chi connectivity index (χ1) is 13.3. The van der Waals surface area contributed by atoms with E-state index in [0.29, 0.717) is 16.3 Å². The fourth-order valence-corrected chi connectivity index (χ4v) is 2.57. The van der Waals surface area contributed by atoms with Crippen molar-refractivity contribution < 1.29 is 51.5 Å². The lowest BCUT2D eigenvalue weighted by Crippen LogP contribution is -2.68. The summed E-state index contributed by atoms with van der Waals surface area (Å²) in [5.74, 6) is 0. The van der Waals surface area contributed by atoms with Gasteiger partial charge in [-0.05, 0) is 18.2 Å². The Kier molecular flexibility index (Phi) is 6.72. The molecule has 1 aromatic heterocycles. The SMILES string of the molecule is O=[N+]([O-])c1cccc2c[n+](Cc3cccc(C(F)(F)F)c3)ccc12.[O-][Cl+3]([O-])([O-])[O-]. The Morgan fingerprint density at radius 3 is 2.21 bits per heavy atom. The van der Waals surface area contributed by atoms with Crippen LogP contribution in [0.4, 0.5) is 18.9 Å². The number of alkyl halides is 3. The largest absolute Gasteiger partial charge is 0.416 e. The first kappa shape index (κ1) is 22.5. The van der Waals surface area contributed by atoms with Crippen LogP contribution in [0.15, 0.2) is 60.9 Å². The van der Waals surface area contributed by atoms with Gasteiger partial charge in [-0.2, -0.15) is 13.2 Å². The van der Waals surface area contributed by atoms with E-state index in [2.05, 4.69) is 0 Å². The van der Waals surface area contributed by atoms with Crippen LogP contribution in [-0.2, 0) is 12.7 Å². The molecule has 0 aliphatic heterocycles. The molecule has 0 N–H and O–H groups in total. The van der Waals surface area contributed by atoms with Gasteiger partial charge in [0.1, 0.15) is 0 Å². The summed E-state index contributed by atoms with van der Waals surface area (Å²) in [6, 6.07) is 11.4. The monoisotopic (exact) mass is 432 g/mol. The summed E-state index contributed by atoms with van der Waals surface area (Å²) in [7, 11) is -4.94. The Balaban J connectivity index is 0.000000537. The summed E-state index contributed by atoms with van der Waals surface area (Å²) in [5, 5.41) is 12.2. The van der Waals surface area contributed by atoms with Crippen molar-refractivity contribution in [1.29, 1.82) is 0 Å². The highest BCUT2D eigenvalue weighted by atomic mass is 35.7. The third-order valence-electron chi connectivity index (χ3n) is 3.67. The summed E-state index contributed by atoms with van der Waals surface area (Å²) >= 11 is 0. The fourth-order valence-electron chi connectivity index (χ4n) is 2.57. The van der Waals surface area contributed by atoms with Gasteiger partial charge in [0, 0.05) is 17.7 Å². The highest BCUT2D eigenvalue weighted by Gasteiger charge is 2.30. The lowest BCUT2D eigenvalue weighted by molar-refractivity contribution is -2.00. The summed E-state index contributed by atoms with van der Waals surface area (Å²) in [6.45, 7) is 0.239. The molecule has 0 aliphatic carbocycles. The molecule has 0 saturated heterocycles. The van der Waals surface area contributed by atoms with Crippen LogP contribution in [0.2, 0.25) is 0 Å². The number of rotatable bonds is 3. The van der Waals surface area contributed by atoms with E-state index in [0.717, 1.165) is 12.1 Å². The lowest BCUT2D eigenvalue weighted by atomic mass is 10.1. The molecule has 0 unspecified atom stereocenters. The maximum absolute atomic E-state index is 12.8. The van der Waals surface area contributed by atoms with Crippen molar-refractivity contribution >= 4 is 16.5 Å². The molecule has 2 aromatic carbocycles. The molecule has 1 heterocycles.